The van der Waals surface area contributed by atoms with E-state index in [0.717, 1.165) is 32.1 Å². The first-order chi connectivity index (χ1) is 10.2. The monoisotopic (exact) mass is 297 g/mol. The maximum Gasteiger partial charge on any atom is 0.328 e. The van der Waals surface area contributed by atoms with Crippen molar-refractivity contribution in [3.05, 3.63) is 0 Å². The lowest BCUT2D eigenvalue weighted by molar-refractivity contribution is -0.154. The van der Waals surface area contributed by atoms with Crippen LogP contribution in [0.25, 0.3) is 0 Å². The molecule has 1 atom stereocenters. The first kappa shape index (κ1) is 18.0. The molecular formula is C17H31NO3. The van der Waals surface area contributed by atoms with Gasteiger partial charge in [0.1, 0.15) is 6.04 Å². The number of unbranched alkanes of at least 4 members (excludes halogenated alkanes) is 6. The quantitative estimate of drug-likeness (QED) is 0.482. The average Bonchev–Trinajstić information content (AvgIpc) is 2.53. The van der Waals surface area contributed by atoms with Crippen molar-refractivity contribution in [2.24, 2.45) is 0 Å². The number of hydrogen-bond donors (Lipinski definition) is 0. The molecule has 0 aromatic carbocycles. The summed E-state index contributed by atoms with van der Waals surface area (Å²) in [4.78, 5) is 25.8. The molecule has 0 aromatic heterocycles. The molecule has 1 aliphatic heterocycles. The van der Waals surface area contributed by atoms with E-state index < -0.39 is 0 Å². The number of ether oxygens (including phenoxy) is 1. The van der Waals surface area contributed by atoms with E-state index in [1.54, 1.807) is 4.90 Å². The third-order valence-electron chi connectivity index (χ3n) is 4.29. The first-order valence-electron chi connectivity index (χ1n) is 8.58. The number of amides is 1. The minimum absolute atomic E-state index is 0.124. The lowest BCUT2D eigenvalue weighted by Crippen LogP contribution is -2.48. The SMILES string of the molecule is CCCCCCCCCC(=O)N1CCCC[C@@H]1C(=O)OC. The summed E-state index contributed by atoms with van der Waals surface area (Å²) in [6.07, 6.45) is 11.7. The molecule has 0 unspecified atom stereocenters. The number of piperidine rings is 1. The normalized spacial score (nSPS) is 18.6. The van der Waals surface area contributed by atoms with E-state index in [1.165, 1.54) is 39.2 Å². The Morgan fingerprint density at radius 1 is 1.05 bits per heavy atom. The Labute approximate surface area is 129 Å². The zero-order valence-corrected chi connectivity index (χ0v) is 13.7. The van der Waals surface area contributed by atoms with Crippen molar-refractivity contribution < 1.29 is 14.3 Å². The highest BCUT2D eigenvalue weighted by Gasteiger charge is 2.32. The van der Waals surface area contributed by atoms with Gasteiger partial charge in [0, 0.05) is 13.0 Å². The zero-order chi connectivity index (χ0) is 15.5. The van der Waals surface area contributed by atoms with Gasteiger partial charge < -0.3 is 9.64 Å². The van der Waals surface area contributed by atoms with Crippen molar-refractivity contribution in [3.8, 4) is 0 Å². The fourth-order valence-corrected chi connectivity index (χ4v) is 2.99. The smallest absolute Gasteiger partial charge is 0.328 e. The summed E-state index contributed by atoms with van der Waals surface area (Å²) >= 11 is 0. The number of likely N-dealkylation sites (tertiary alicyclic amines) is 1. The van der Waals surface area contributed by atoms with Crippen LogP contribution in [0.5, 0.6) is 0 Å². The third-order valence-corrected chi connectivity index (χ3v) is 4.29. The Morgan fingerprint density at radius 3 is 2.38 bits per heavy atom. The van der Waals surface area contributed by atoms with Gasteiger partial charge in [-0.15, -0.1) is 0 Å². The van der Waals surface area contributed by atoms with E-state index >= 15 is 0 Å². The second-order valence-electron chi connectivity index (χ2n) is 5.99. The minimum atomic E-state index is -0.346. The van der Waals surface area contributed by atoms with Crippen LogP contribution in [0, 0.1) is 0 Å². The lowest BCUT2D eigenvalue weighted by Gasteiger charge is -2.33. The topological polar surface area (TPSA) is 46.6 Å². The van der Waals surface area contributed by atoms with Gasteiger partial charge in [0.15, 0.2) is 0 Å². The van der Waals surface area contributed by atoms with Gasteiger partial charge in [-0.25, -0.2) is 4.79 Å². The van der Waals surface area contributed by atoms with Crippen LogP contribution < -0.4 is 0 Å². The van der Waals surface area contributed by atoms with Gasteiger partial charge in [-0.1, -0.05) is 45.4 Å². The van der Waals surface area contributed by atoms with E-state index in [4.69, 9.17) is 4.74 Å². The number of carbonyl (C=O) groups excluding carboxylic acids is 2. The van der Waals surface area contributed by atoms with Gasteiger partial charge in [-0.2, -0.15) is 0 Å². The highest BCUT2D eigenvalue weighted by molar-refractivity contribution is 5.84. The Bertz CT molecular complexity index is 317. The maximum atomic E-state index is 12.3. The maximum absolute atomic E-state index is 12.3. The Kier molecular flexibility index (Phi) is 9.11. The molecule has 21 heavy (non-hydrogen) atoms. The molecule has 0 bridgehead atoms. The Balaban J connectivity index is 2.24. The summed E-state index contributed by atoms with van der Waals surface area (Å²) in [6.45, 7) is 2.92. The van der Waals surface area contributed by atoms with Gasteiger partial charge >= 0.3 is 5.97 Å². The molecule has 1 aliphatic rings. The molecule has 0 spiro atoms. The van der Waals surface area contributed by atoms with Crippen molar-refractivity contribution in [2.75, 3.05) is 13.7 Å². The standard InChI is InChI=1S/C17H31NO3/c1-3-4-5-6-7-8-9-13-16(19)18-14-11-10-12-15(18)17(20)21-2/h15H,3-14H2,1-2H3/t15-/m1/s1. The molecule has 0 N–H and O–H groups in total. The van der Waals surface area contributed by atoms with E-state index in [1.807, 2.05) is 0 Å². The molecule has 0 aromatic rings. The van der Waals surface area contributed by atoms with Crippen LogP contribution in [0.1, 0.15) is 77.6 Å². The van der Waals surface area contributed by atoms with Crippen LogP contribution in [-0.4, -0.2) is 36.5 Å². The minimum Gasteiger partial charge on any atom is -0.467 e. The van der Waals surface area contributed by atoms with Gasteiger partial charge in [0.2, 0.25) is 5.91 Å². The predicted molar refractivity (Wildman–Crippen MR) is 84.0 cm³/mol. The van der Waals surface area contributed by atoms with E-state index in [0.29, 0.717) is 13.0 Å². The van der Waals surface area contributed by atoms with Crippen LogP contribution in [0.4, 0.5) is 0 Å². The number of carbonyl (C=O) groups is 2. The molecule has 0 aliphatic carbocycles. The molecule has 122 valence electrons. The second-order valence-corrected chi connectivity index (χ2v) is 5.99. The summed E-state index contributed by atoms with van der Waals surface area (Å²) in [7, 11) is 1.40. The van der Waals surface area contributed by atoms with Gasteiger partial charge in [-0.3, -0.25) is 4.79 Å². The summed E-state index contributed by atoms with van der Waals surface area (Å²) < 4.78 is 4.82. The first-order valence-corrected chi connectivity index (χ1v) is 8.58. The predicted octanol–water partition coefficient (Wildman–Crippen LogP) is 3.68. The molecule has 1 fully saturated rings. The van der Waals surface area contributed by atoms with Crippen LogP contribution in [0.3, 0.4) is 0 Å². The molecule has 1 amide bonds. The van der Waals surface area contributed by atoms with Crippen molar-refractivity contribution in [3.63, 3.8) is 0 Å². The van der Waals surface area contributed by atoms with Crippen molar-refractivity contribution in [2.45, 2.75) is 83.6 Å². The molecule has 1 saturated heterocycles. The second kappa shape index (κ2) is 10.6. The fraction of sp³-hybridized carbons (Fsp3) is 0.882. The molecular weight excluding hydrogens is 266 g/mol. The average molecular weight is 297 g/mol. The third kappa shape index (κ3) is 6.49. The van der Waals surface area contributed by atoms with E-state index in [9.17, 15) is 9.59 Å². The number of rotatable bonds is 9. The largest absolute Gasteiger partial charge is 0.467 e. The molecule has 4 nitrogen and oxygen atoms in total. The molecule has 1 heterocycles. The fourth-order valence-electron chi connectivity index (χ4n) is 2.99. The van der Waals surface area contributed by atoms with Gasteiger partial charge in [0.25, 0.3) is 0 Å². The molecule has 0 saturated carbocycles. The van der Waals surface area contributed by atoms with Crippen LogP contribution >= 0.6 is 0 Å². The molecule has 1 rings (SSSR count). The summed E-state index contributed by atoms with van der Waals surface area (Å²) in [5, 5.41) is 0. The number of hydrogen-bond acceptors (Lipinski definition) is 3. The number of nitrogens with zero attached hydrogens (tertiary/aromatic N) is 1. The van der Waals surface area contributed by atoms with Gasteiger partial charge in [0.05, 0.1) is 7.11 Å². The summed E-state index contributed by atoms with van der Waals surface area (Å²) in [6, 6.07) is -0.346. The highest BCUT2D eigenvalue weighted by Crippen LogP contribution is 2.20. The van der Waals surface area contributed by atoms with Crippen molar-refractivity contribution in [1.82, 2.24) is 4.90 Å². The van der Waals surface area contributed by atoms with Crippen LogP contribution in [-0.2, 0) is 14.3 Å². The molecule has 0 radical (unpaired) electrons. The number of esters is 1. The van der Waals surface area contributed by atoms with E-state index in [2.05, 4.69) is 6.92 Å². The van der Waals surface area contributed by atoms with Crippen molar-refractivity contribution >= 4 is 11.9 Å². The van der Waals surface area contributed by atoms with Crippen LogP contribution in [0.2, 0.25) is 0 Å². The van der Waals surface area contributed by atoms with Crippen LogP contribution in [0.15, 0.2) is 0 Å². The molecule has 4 heteroatoms. The Morgan fingerprint density at radius 2 is 1.71 bits per heavy atom. The highest BCUT2D eigenvalue weighted by atomic mass is 16.5. The van der Waals surface area contributed by atoms with E-state index in [-0.39, 0.29) is 17.9 Å². The van der Waals surface area contributed by atoms with Crippen molar-refractivity contribution in [1.29, 1.82) is 0 Å². The zero-order valence-electron chi connectivity index (χ0n) is 13.7. The summed E-state index contributed by atoms with van der Waals surface area (Å²) in [5.74, 6) is -0.138. The number of methoxy groups -OCH3 is 1. The lowest BCUT2D eigenvalue weighted by atomic mass is 10.0. The summed E-state index contributed by atoms with van der Waals surface area (Å²) in [5.41, 5.74) is 0. The Hall–Kier alpha value is -1.06. The van der Waals surface area contributed by atoms with Gasteiger partial charge in [-0.05, 0) is 25.7 Å².